The monoisotopic (exact) mass is 210 g/mol. The standard InChI is InChI=1S/C12H22OSi/c1-5-6-7-11-8-9-12(10-11)13-14(2,3)4/h8,10H,5-7,9H2,1-4H3. The van der Waals surface area contributed by atoms with Crippen LogP contribution in [-0.4, -0.2) is 8.32 Å². The lowest BCUT2D eigenvalue weighted by Crippen LogP contribution is -2.24. The fourth-order valence-corrected chi connectivity index (χ4v) is 2.50. The Labute approximate surface area is 89.0 Å². The Bertz CT molecular complexity index is 246. The van der Waals surface area contributed by atoms with Crippen molar-refractivity contribution in [2.45, 2.75) is 52.2 Å². The van der Waals surface area contributed by atoms with Gasteiger partial charge in [-0.3, -0.25) is 0 Å². The molecule has 1 aliphatic carbocycles. The summed E-state index contributed by atoms with van der Waals surface area (Å²) in [4.78, 5) is 0. The molecule has 1 nitrogen and oxygen atoms in total. The van der Waals surface area contributed by atoms with Gasteiger partial charge in [-0.25, -0.2) is 0 Å². The van der Waals surface area contributed by atoms with E-state index in [1.807, 2.05) is 0 Å². The van der Waals surface area contributed by atoms with Gasteiger partial charge in [0.05, 0.1) is 5.76 Å². The van der Waals surface area contributed by atoms with Crippen molar-refractivity contribution in [3.8, 4) is 0 Å². The van der Waals surface area contributed by atoms with E-state index in [0.29, 0.717) is 0 Å². The zero-order valence-electron chi connectivity index (χ0n) is 9.89. The first-order chi connectivity index (χ1) is 6.51. The second kappa shape index (κ2) is 4.83. The Kier molecular flexibility index (Phi) is 3.99. The van der Waals surface area contributed by atoms with Crippen molar-refractivity contribution < 1.29 is 4.43 Å². The first-order valence-corrected chi connectivity index (χ1v) is 9.00. The third kappa shape index (κ3) is 4.14. The lowest BCUT2D eigenvalue weighted by atomic mass is 10.1. The molecule has 0 bridgehead atoms. The summed E-state index contributed by atoms with van der Waals surface area (Å²) in [6.45, 7) is 8.94. The van der Waals surface area contributed by atoms with Gasteiger partial charge in [0.2, 0.25) is 8.32 Å². The van der Waals surface area contributed by atoms with Gasteiger partial charge in [-0.05, 0) is 44.1 Å². The topological polar surface area (TPSA) is 9.23 Å². The maximum absolute atomic E-state index is 5.96. The first kappa shape index (κ1) is 11.6. The Morgan fingerprint density at radius 3 is 2.64 bits per heavy atom. The molecule has 1 rings (SSSR count). The molecular weight excluding hydrogens is 188 g/mol. The van der Waals surface area contributed by atoms with Gasteiger partial charge in [0, 0.05) is 6.42 Å². The molecule has 0 N–H and O–H groups in total. The third-order valence-electron chi connectivity index (χ3n) is 2.17. The van der Waals surface area contributed by atoms with Crippen LogP contribution in [0.25, 0.3) is 0 Å². The highest BCUT2D eigenvalue weighted by Crippen LogP contribution is 2.25. The Hall–Kier alpha value is -0.503. The molecule has 0 heterocycles. The van der Waals surface area contributed by atoms with Crippen molar-refractivity contribution >= 4 is 8.32 Å². The molecule has 0 saturated heterocycles. The van der Waals surface area contributed by atoms with Crippen molar-refractivity contribution in [1.29, 1.82) is 0 Å². The van der Waals surface area contributed by atoms with E-state index in [9.17, 15) is 0 Å². The molecule has 1 aliphatic rings. The molecule has 0 spiro atoms. The highest BCUT2D eigenvalue weighted by atomic mass is 28.4. The van der Waals surface area contributed by atoms with Crippen molar-refractivity contribution in [3.05, 3.63) is 23.5 Å². The largest absolute Gasteiger partial charge is 0.547 e. The van der Waals surface area contributed by atoms with E-state index >= 15 is 0 Å². The van der Waals surface area contributed by atoms with Gasteiger partial charge in [-0.2, -0.15) is 0 Å². The second-order valence-corrected chi connectivity index (χ2v) is 9.34. The molecule has 0 radical (unpaired) electrons. The van der Waals surface area contributed by atoms with Crippen LogP contribution in [0, 0.1) is 0 Å². The molecule has 0 aromatic rings. The van der Waals surface area contributed by atoms with Crippen LogP contribution >= 0.6 is 0 Å². The van der Waals surface area contributed by atoms with Gasteiger partial charge < -0.3 is 4.43 Å². The molecular formula is C12H22OSi. The van der Waals surface area contributed by atoms with E-state index in [0.717, 1.165) is 6.42 Å². The van der Waals surface area contributed by atoms with Gasteiger partial charge in [-0.1, -0.05) is 19.4 Å². The van der Waals surface area contributed by atoms with E-state index in [1.54, 1.807) is 0 Å². The van der Waals surface area contributed by atoms with Gasteiger partial charge >= 0.3 is 0 Å². The molecule has 0 atom stereocenters. The molecule has 14 heavy (non-hydrogen) atoms. The van der Waals surface area contributed by atoms with E-state index in [4.69, 9.17) is 4.43 Å². The number of hydrogen-bond acceptors (Lipinski definition) is 1. The molecule has 80 valence electrons. The van der Waals surface area contributed by atoms with E-state index in [2.05, 4.69) is 38.7 Å². The van der Waals surface area contributed by atoms with Crippen molar-refractivity contribution in [3.63, 3.8) is 0 Å². The smallest absolute Gasteiger partial charge is 0.241 e. The summed E-state index contributed by atoms with van der Waals surface area (Å²) in [6.07, 6.45) is 9.36. The maximum Gasteiger partial charge on any atom is 0.241 e. The van der Waals surface area contributed by atoms with Crippen LogP contribution in [0.4, 0.5) is 0 Å². The predicted molar refractivity (Wildman–Crippen MR) is 64.7 cm³/mol. The molecule has 0 unspecified atom stereocenters. The molecule has 2 heteroatoms. The molecule has 0 aliphatic heterocycles. The van der Waals surface area contributed by atoms with Crippen LogP contribution in [0.1, 0.15) is 32.6 Å². The lowest BCUT2D eigenvalue weighted by Gasteiger charge is -2.19. The Morgan fingerprint density at radius 1 is 1.36 bits per heavy atom. The minimum atomic E-state index is -1.38. The zero-order valence-corrected chi connectivity index (χ0v) is 10.9. The Morgan fingerprint density at radius 2 is 2.07 bits per heavy atom. The van der Waals surface area contributed by atoms with Gasteiger partial charge in [0.1, 0.15) is 0 Å². The Balaban J connectivity index is 2.39. The minimum Gasteiger partial charge on any atom is -0.547 e. The van der Waals surface area contributed by atoms with Crippen LogP contribution in [0.5, 0.6) is 0 Å². The van der Waals surface area contributed by atoms with E-state index < -0.39 is 8.32 Å². The van der Waals surface area contributed by atoms with Crippen molar-refractivity contribution in [1.82, 2.24) is 0 Å². The first-order valence-electron chi connectivity index (χ1n) is 5.60. The van der Waals surface area contributed by atoms with Gasteiger partial charge in [0.15, 0.2) is 0 Å². The maximum atomic E-state index is 5.96. The van der Waals surface area contributed by atoms with Gasteiger partial charge in [-0.15, -0.1) is 0 Å². The average molecular weight is 210 g/mol. The summed E-state index contributed by atoms with van der Waals surface area (Å²) >= 11 is 0. The summed E-state index contributed by atoms with van der Waals surface area (Å²) in [7, 11) is -1.38. The average Bonchev–Trinajstić information content (AvgIpc) is 2.46. The van der Waals surface area contributed by atoms with Crippen molar-refractivity contribution in [2.75, 3.05) is 0 Å². The predicted octanol–water partition coefficient (Wildman–Crippen LogP) is 4.24. The molecule has 0 aromatic carbocycles. The number of hydrogen-bond donors (Lipinski definition) is 0. The SMILES string of the molecule is CCCCC1=CCC(O[Si](C)(C)C)=C1. The van der Waals surface area contributed by atoms with Crippen LogP contribution in [-0.2, 0) is 4.43 Å². The van der Waals surface area contributed by atoms with Crippen LogP contribution < -0.4 is 0 Å². The summed E-state index contributed by atoms with van der Waals surface area (Å²) in [5.74, 6) is 1.19. The van der Waals surface area contributed by atoms with Crippen LogP contribution in [0.3, 0.4) is 0 Å². The van der Waals surface area contributed by atoms with Crippen LogP contribution in [0.2, 0.25) is 19.6 Å². The fourth-order valence-electron chi connectivity index (χ4n) is 1.58. The quantitative estimate of drug-likeness (QED) is 0.617. The van der Waals surface area contributed by atoms with Gasteiger partial charge in [0.25, 0.3) is 0 Å². The molecule has 0 aromatic heterocycles. The van der Waals surface area contributed by atoms with Crippen molar-refractivity contribution in [2.24, 2.45) is 0 Å². The number of unbranched alkanes of at least 4 members (excludes halogenated alkanes) is 1. The minimum absolute atomic E-state index is 1.02. The van der Waals surface area contributed by atoms with E-state index in [1.165, 1.54) is 30.6 Å². The normalized spacial score (nSPS) is 16.6. The summed E-state index contributed by atoms with van der Waals surface area (Å²) in [5.41, 5.74) is 1.47. The number of allylic oxidation sites excluding steroid dienone is 3. The van der Waals surface area contributed by atoms with Crippen LogP contribution in [0.15, 0.2) is 23.5 Å². The molecule has 0 fully saturated rings. The third-order valence-corrected chi connectivity index (χ3v) is 3.04. The molecule has 0 amide bonds. The number of rotatable bonds is 5. The fraction of sp³-hybridized carbons (Fsp3) is 0.667. The summed E-state index contributed by atoms with van der Waals surface area (Å²) < 4.78 is 5.96. The highest BCUT2D eigenvalue weighted by molar-refractivity contribution is 6.70. The zero-order chi connectivity index (χ0) is 10.6. The second-order valence-electron chi connectivity index (χ2n) is 4.91. The summed E-state index contributed by atoms with van der Waals surface area (Å²) in [5, 5.41) is 0. The lowest BCUT2D eigenvalue weighted by molar-refractivity contribution is 0.415. The van der Waals surface area contributed by atoms with E-state index in [-0.39, 0.29) is 0 Å². The highest BCUT2D eigenvalue weighted by Gasteiger charge is 2.19. The summed E-state index contributed by atoms with van der Waals surface area (Å²) in [6, 6.07) is 0. The molecule has 0 saturated carbocycles.